The molecule has 2 aromatic rings. The van der Waals surface area contributed by atoms with Crippen LogP contribution < -0.4 is 10.1 Å². The maximum atomic E-state index is 11.1. The minimum atomic E-state index is -0.889. The lowest BCUT2D eigenvalue weighted by Gasteiger charge is -2.09. The topological polar surface area (TPSA) is 58.6 Å². The van der Waals surface area contributed by atoms with Crippen LogP contribution in [0.1, 0.15) is 22.3 Å². The van der Waals surface area contributed by atoms with Gasteiger partial charge in [-0.3, -0.25) is 0 Å². The lowest BCUT2D eigenvalue weighted by atomic mass is 10.1. The normalized spacial score (nSPS) is 10.3. The summed E-state index contributed by atoms with van der Waals surface area (Å²) in [5, 5.41) is 12.3. The van der Waals surface area contributed by atoms with Gasteiger partial charge in [-0.25, -0.2) is 4.79 Å². The summed E-state index contributed by atoms with van der Waals surface area (Å²) >= 11 is 0. The lowest BCUT2D eigenvalue weighted by Crippen LogP contribution is -2.18. The molecule has 0 aliphatic carbocycles. The molecule has 0 spiro atoms. The minimum absolute atomic E-state index is 0.352. The summed E-state index contributed by atoms with van der Waals surface area (Å²) in [5.74, 6) is -0.0199. The van der Waals surface area contributed by atoms with Crippen molar-refractivity contribution in [1.82, 2.24) is 5.32 Å². The first-order valence-corrected chi connectivity index (χ1v) is 6.97. The molecule has 0 unspecified atom stereocenters. The van der Waals surface area contributed by atoms with E-state index in [2.05, 4.69) is 5.32 Å². The van der Waals surface area contributed by atoms with E-state index in [0.29, 0.717) is 18.7 Å². The van der Waals surface area contributed by atoms with Crippen molar-refractivity contribution >= 4 is 5.97 Å². The Bertz CT molecular complexity index is 569. The van der Waals surface area contributed by atoms with Crippen LogP contribution in [0, 0.1) is 0 Å². The van der Waals surface area contributed by atoms with E-state index < -0.39 is 5.97 Å². The van der Waals surface area contributed by atoms with E-state index in [-0.39, 0.29) is 0 Å². The highest BCUT2D eigenvalue weighted by atomic mass is 16.5. The maximum Gasteiger partial charge on any atom is 0.336 e. The largest absolute Gasteiger partial charge is 0.494 e. The van der Waals surface area contributed by atoms with Crippen molar-refractivity contribution in [1.29, 1.82) is 0 Å². The number of rotatable bonds is 8. The number of hydrogen-bond donors (Lipinski definition) is 2. The molecular formula is C17H19NO3. The van der Waals surface area contributed by atoms with E-state index in [9.17, 15) is 4.79 Å². The number of carboxylic acid groups (broad SMARTS) is 1. The van der Waals surface area contributed by atoms with E-state index in [1.165, 1.54) is 0 Å². The molecule has 0 aliphatic heterocycles. The zero-order valence-corrected chi connectivity index (χ0v) is 11.8. The summed E-state index contributed by atoms with van der Waals surface area (Å²) < 4.78 is 5.59. The van der Waals surface area contributed by atoms with Gasteiger partial charge in [-0.15, -0.1) is 0 Å². The highest BCUT2D eigenvalue weighted by molar-refractivity contribution is 5.89. The van der Waals surface area contributed by atoms with Gasteiger partial charge in [-0.2, -0.15) is 0 Å². The highest BCUT2D eigenvalue weighted by Crippen LogP contribution is 2.09. The Morgan fingerprint density at radius 2 is 1.76 bits per heavy atom. The molecule has 0 amide bonds. The number of carbonyl (C=O) groups is 1. The Morgan fingerprint density at radius 1 is 1.05 bits per heavy atom. The molecule has 110 valence electrons. The van der Waals surface area contributed by atoms with Crippen LogP contribution in [-0.2, 0) is 6.54 Å². The summed E-state index contributed by atoms with van der Waals surface area (Å²) in [7, 11) is 0. The Balaban J connectivity index is 1.67. The quantitative estimate of drug-likeness (QED) is 0.732. The Morgan fingerprint density at radius 3 is 2.52 bits per heavy atom. The van der Waals surface area contributed by atoms with E-state index >= 15 is 0 Å². The fraction of sp³-hybridized carbons (Fsp3) is 0.235. The van der Waals surface area contributed by atoms with Gasteiger partial charge in [0, 0.05) is 6.54 Å². The molecule has 2 aromatic carbocycles. The summed E-state index contributed by atoms with van der Waals surface area (Å²) in [6.45, 7) is 1.96. The molecule has 0 bridgehead atoms. The van der Waals surface area contributed by atoms with Gasteiger partial charge in [0.15, 0.2) is 0 Å². The van der Waals surface area contributed by atoms with Gasteiger partial charge in [0.1, 0.15) is 5.75 Å². The molecule has 2 rings (SSSR count). The molecule has 0 saturated carbocycles. The molecule has 2 N–H and O–H groups in total. The summed E-state index contributed by atoms with van der Waals surface area (Å²) in [6, 6.07) is 16.7. The number of para-hydroxylation sites is 1. The first kappa shape index (κ1) is 15.1. The van der Waals surface area contributed by atoms with Crippen LogP contribution in [0.5, 0.6) is 5.75 Å². The molecular weight excluding hydrogens is 266 g/mol. The Kier molecular flexibility index (Phi) is 5.79. The third-order valence-corrected chi connectivity index (χ3v) is 3.07. The molecule has 0 heterocycles. The third kappa shape index (κ3) is 4.93. The average Bonchev–Trinajstić information content (AvgIpc) is 2.52. The number of carboxylic acids is 1. The van der Waals surface area contributed by atoms with Gasteiger partial charge in [0.05, 0.1) is 12.2 Å². The summed E-state index contributed by atoms with van der Waals surface area (Å²) in [5.41, 5.74) is 1.15. The van der Waals surface area contributed by atoms with Crippen molar-refractivity contribution in [3.8, 4) is 5.75 Å². The van der Waals surface area contributed by atoms with E-state index in [1.807, 2.05) is 42.5 Å². The van der Waals surface area contributed by atoms with E-state index in [0.717, 1.165) is 24.3 Å². The van der Waals surface area contributed by atoms with Gasteiger partial charge < -0.3 is 15.2 Å². The highest BCUT2D eigenvalue weighted by Gasteiger charge is 2.07. The van der Waals surface area contributed by atoms with Crippen LogP contribution in [0.3, 0.4) is 0 Å². The van der Waals surface area contributed by atoms with Gasteiger partial charge in [0.25, 0.3) is 0 Å². The predicted molar refractivity (Wildman–Crippen MR) is 81.7 cm³/mol. The molecule has 0 radical (unpaired) electrons. The maximum absolute atomic E-state index is 11.1. The summed E-state index contributed by atoms with van der Waals surface area (Å²) in [6.07, 6.45) is 0.865. The second-order valence-corrected chi connectivity index (χ2v) is 4.65. The number of ether oxygens (including phenoxy) is 1. The molecule has 0 fully saturated rings. The smallest absolute Gasteiger partial charge is 0.336 e. The molecule has 0 atom stereocenters. The first-order valence-electron chi connectivity index (χ1n) is 6.97. The van der Waals surface area contributed by atoms with Crippen LogP contribution in [0.15, 0.2) is 54.6 Å². The van der Waals surface area contributed by atoms with Gasteiger partial charge in [-0.05, 0) is 36.7 Å². The fourth-order valence-electron chi connectivity index (χ4n) is 2.01. The average molecular weight is 285 g/mol. The predicted octanol–water partition coefficient (Wildman–Crippen LogP) is 2.94. The molecule has 4 nitrogen and oxygen atoms in total. The molecule has 0 aliphatic rings. The van der Waals surface area contributed by atoms with Crippen molar-refractivity contribution in [2.24, 2.45) is 0 Å². The first-order chi connectivity index (χ1) is 10.3. The molecule has 21 heavy (non-hydrogen) atoms. The number of hydrogen-bond acceptors (Lipinski definition) is 3. The number of aromatic carboxylic acids is 1. The van der Waals surface area contributed by atoms with Crippen LogP contribution in [-0.4, -0.2) is 24.2 Å². The zero-order chi connectivity index (χ0) is 14.9. The molecule has 4 heteroatoms. The van der Waals surface area contributed by atoms with Crippen LogP contribution in [0.25, 0.3) is 0 Å². The number of benzene rings is 2. The summed E-state index contributed by atoms with van der Waals surface area (Å²) in [4.78, 5) is 11.1. The minimum Gasteiger partial charge on any atom is -0.494 e. The van der Waals surface area contributed by atoms with Gasteiger partial charge in [-0.1, -0.05) is 36.4 Å². The van der Waals surface area contributed by atoms with Crippen molar-refractivity contribution in [3.05, 3.63) is 65.7 Å². The fourth-order valence-corrected chi connectivity index (χ4v) is 2.01. The van der Waals surface area contributed by atoms with E-state index in [4.69, 9.17) is 9.84 Å². The Labute approximate surface area is 124 Å². The van der Waals surface area contributed by atoms with Crippen molar-refractivity contribution < 1.29 is 14.6 Å². The van der Waals surface area contributed by atoms with E-state index in [1.54, 1.807) is 12.1 Å². The Hall–Kier alpha value is -2.33. The second kappa shape index (κ2) is 8.07. The van der Waals surface area contributed by atoms with Crippen LogP contribution in [0.4, 0.5) is 0 Å². The zero-order valence-electron chi connectivity index (χ0n) is 11.8. The molecule has 0 saturated heterocycles. The second-order valence-electron chi connectivity index (χ2n) is 4.65. The van der Waals surface area contributed by atoms with Crippen molar-refractivity contribution in [3.63, 3.8) is 0 Å². The number of nitrogens with one attached hydrogen (secondary N) is 1. The van der Waals surface area contributed by atoms with Gasteiger partial charge >= 0.3 is 5.97 Å². The lowest BCUT2D eigenvalue weighted by molar-refractivity contribution is 0.0695. The van der Waals surface area contributed by atoms with Crippen LogP contribution in [0.2, 0.25) is 0 Å². The van der Waals surface area contributed by atoms with Gasteiger partial charge in [0.2, 0.25) is 0 Å². The molecule has 0 aromatic heterocycles. The van der Waals surface area contributed by atoms with Crippen molar-refractivity contribution in [2.45, 2.75) is 13.0 Å². The van der Waals surface area contributed by atoms with Crippen molar-refractivity contribution in [2.75, 3.05) is 13.2 Å². The monoisotopic (exact) mass is 285 g/mol. The third-order valence-electron chi connectivity index (χ3n) is 3.07. The standard InChI is InChI=1S/C17H19NO3/c19-17(20)16-10-5-4-7-14(16)13-18-11-6-12-21-15-8-2-1-3-9-15/h1-5,7-10,18H,6,11-13H2,(H,19,20). The SMILES string of the molecule is O=C(O)c1ccccc1CNCCCOc1ccccc1. The van der Waals surface area contributed by atoms with Crippen LogP contribution >= 0.6 is 0 Å².